The lowest BCUT2D eigenvalue weighted by Crippen LogP contribution is -2.09. The summed E-state index contributed by atoms with van der Waals surface area (Å²) in [7, 11) is 0. The molecule has 0 aliphatic carbocycles. The van der Waals surface area contributed by atoms with Crippen molar-refractivity contribution in [3.05, 3.63) is 29.8 Å². The summed E-state index contributed by atoms with van der Waals surface area (Å²) < 4.78 is 4.91. The molecule has 0 fully saturated rings. The summed E-state index contributed by atoms with van der Waals surface area (Å²) in [5.74, 6) is -1.22. The van der Waals surface area contributed by atoms with E-state index in [4.69, 9.17) is 15.6 Å². The van der Waals surface area contributed by atoms with Crippen LogP contribution in [0, 0.1) is 0 Å². The minimum Gasteiger partial charge on any atom is -0.481 e. The second-order valence-electron chi connectivity index (χ2n) is 3.92. The lowest BCUT2D eigenvalue weighted by molar-refractivity contribution is -0.145. The smallest absolute Gasteiger partial charge is 0.306 e. The molecular weight excluding hydrogens is 234 g/mol. The highest BCUT2D eigenvalue weighted by Gasteiger charge is 2.06. The number of carboxylic acid groups (broad SMARTS) is 1. The fourth-order valence-corrected chi connectivity index (χ4v) is 1.48. The molecule has 18 heavy (non-hydrogen) atoms. The van der Waals surface area contributed by atoms with E-state index in [2.05, 4.69) is 0 Å². The summed E-state index contributed by atoms with van der Waals surface area (Å²) >= 11 is 0. The van der Waals surface area contributed by atoms with Crippen LogP contribution < -0.4 is 5.73 Å². The van der Waals surface area contributed by atoms with Gasteiger partial charge >= 0.3 is 11.9 Å². The lowest BCUT2D eigenvalue weighted by atomic mass is 10.1. The Morgan fingerprint density at radius 2 is 1.94 bits per heavy atom. The SMILES string of the molecule is Nc1ccccc1CCC(=O)OCCCC(=O)O. The van der Waals surface area contributed by atoms with Crippen LogP contribution in [0.4, 0.5) is 5.69 Å². The Morgan fingerprint density at radius 3 is 2.61 bits per heavy atom. The number of aliphatic carboxylic acids is 1. The van der Waals surface area contributed by atoms with Crippen LogP contribution in [0.25, 0.3) is 0 Å². The zero-order valence-corrected chi connectivity index (χ0v) is 10.1. The van der Waals surface area contributed by atoms with Crippen molar-refractivity contribution in [3.63, 3.8) is 0 Å². The maximum absolute atomic E-state index is 11.4. The van der Waals surface area contributed by atoms with Gasteiger partial charge in [-0.05, 0) is 24.5 Å². The van der Waals surface area contributed by atoms with E-state index in [9.17, 15) is 9.59 Å². The van der Waals surface area contributed by atoms with Crippen molar-refractivity contribution in [2.45, 2.75) is 25.7 Å². The third-order valence-electron chi connectivity index (χ3n) is 2.45. The second-order valence-corrected chi connectivity index (χ2v) is 3.92. The summed E-state index contributed by atoms with van der Waals surface area (Å²) in [6.07, 6.45) is 1.14. The molecule has 0 heterocycles. The number of aryl methyl sites for hydroxylation is 1. The topological polar surface area (TPSA) is 89.6 Å². The zero-order valence-electron chi connectivity index (χ0n) is 10.1. The molecule has 0 aliphatic rings. The quantitative estimate of drug-likeness (QED) is 0.436. The fourth-order valence-electron chi connectivity index (χ4n) is 1.48. The van der Waals surface area contributed by atoms with Crippen molar-refractivity contribution in [1.82, 2.24) is 0 Å². The van der Waals surface area contributed by atoms with Gasteiger partial charge in [0.2, 0.25) is 0 Å². The Bertz CT molecular complexity index is 417. The van der Waals surface area contributed by atoms with Gasteiger partial charge in [0.15, 0.2) is 0 Å². The lowest BCUT2D eigenvalue weighted by Gasteiger charge is -2.06. The first-order valence-corrected chi connectivity index (χ1v) is 5.80. The number of ether oxygens (including phenoxy) is 1. The van der Waals surface area contributed by atoms with Crippen molar-refractivity contribution in [2.75, 3.05) is 12.3 Å². The van der Waals surface area contributed by atoms with Gasteiger partial charge in [-0.25, -0.2) is 0 Å². The molecule has 0 spiro atoms. The molecule has 3 N–H and O–H groups in total. The fraction of sp³-hybridized carbons (Fsp3) is 0.385. The predicted octanol–water partition coefficient (Wildman–Crippen LogP) is 1.61. The van der Waals surface area contributed by atoms with E-state index < -0.39 is 5.97 Å². The van der Waals surface area contributed by atoms with E-state index in [-0.39, 0.29) is 25.4 Å². The average molecular weight is 251 g/mol. The molecule has 1 aromatic carbocycles. The molecule has 0 aromatic heterocycles. The van der Waals surface area contributed by atoms with Crippen LogP contribution in [0.15, 0.2) is 24.3 Å². The van der Waals surface area contributed by atoms with E-state index in [0.29, 0.717) is 18.5 Å². The van der Waals surface area contributed by atoms with Crippen LogP contribution in [0.2, 0.25) is 0 Å². The molecule has 0 radical (unpaired) electrons. The van der Waals surface area contributed by atoms with Crippen molar-refractivity contribution in [1.29, 1.82) is 0 Å². The van der Waals surface area contributed by atoms with Crippen LogP contribution in [-0.2, 0) is 20.7 Å². The van der Waals surface area contributed by atoms with Crippen LogP contribution in [-0.4, -0.2) is 23.7 Å². The normalized spacial score (nSPS) is 10.0. The van der Waals surface area contributed by atoms with Gasteiger partial charge in [-0.2, -0.15) is 0 Å². The maximum atomic E-state index is 11.4. The minimum absolute atomic E-state index is 0.0128. The molecule has 0 saturated carbocycles. The van der Waals surface area contributed by atoms with Crippen LogP contribution in [0.3, 0.4) is 0 Å². The number of carbonyl (C=O) groups is 2. The first-order chi connectivity index (χ1) is 8.59. The van der Waals surface area contributed by atoms with Gasteiger partial charge in [-0.15, -0.1) is 0 Å². The number of hydrogen-bond acceptors (Lipinski definition) is 4. The molecule has 0 atom stereocenters. The first kappa shape index (κ1) is 14.0. The van der Waals surface area contributed by atoms with Gasteiger partial charge in [0.05, 0.1) is 6.61 Å². The standard InChI is InChI=1S/C13H17NO4/c14-11-5-2-1-4-10(11)7-8-13(17)18-9-3-6-12(15)16/h1-2,4-5H,3,6-9,14H2,(H,15,16). The number of nitrogen functional groups attached to an aromatic ring is 1. The Morgan fingerprint density at radius 1 is 1.22 bits per heavy atom. The minimum atomic E-state index is -0.886. The van der Waals surface area contributed by atoms with Crippen molar-refractivity contribution in [3.8, 4) is 0 Å². The molecule has 1 rings (SSSR count). The number of carboxylic acids is 1. The number of nitrogens with two attached hydrogens (primary N) is 1. The Labute approximate surface area is 106 Å². The molecule has 0 bridgehead atoms. The third kappa shape index (κ3) is 5.34. The predicted molar refractivity (Wildman–Crippen MR) is 67.0 cm³/mol. The number of hydrogen-bond donors (Lipinski definition) is 2. The molecule has 5 heteroatoms. The number of carbonyl (C=O) groups excluding carboxylic acids is 1. The van der Waals surface area contributed by atoms with Crippen molar-refractivity contribution in [2.24, 2.45) is 0 Å². The first-order valence-electron chi connectivity index (χ1n) is 5.80. The molecule has 98 valence electrons. The number of anilines is 1. The van der Waals surface area contributed by atoms with Gasteiger partial charge in [0.1, 0.15) is 0 Å². The Hall–Kier alpha value is -2.04. The largest absolute Gasteiger partial charge is 0.481 e. The number of benzene rings is 1. The highest BCUT2D eigenvalue weighted by atomic mass is 16.5. The van der Waals surface area contributed by atoms with Gasteiger partial charge in [-0.3, -0.25) is 9.59 Å². The Kier molecular flexibility index (Phi) is 5.70. The third-order valence-corrected chi connectivity index (χ3v) is 2.45. The number of para-hydroxylation sites is 1. The van der Waals surface area contributed by atoms with Gasteiger partial charge in [0, 0.05) is 18.5 Å². The summed E-state index contributed by atoms with van der Waals surface area (Å²) in [5.41, 5.74) is 7.32. The summed E-state index contributed by atoms with van der Waals surface area (Å²) in [6, 6.07) is 7.35. The molecular formula is C13H17NO4. The molecule has 0 saturated heterocycles. The van der Waals surface area contributed by atoms with Crippen LogP contribution in [0.1, 0.15) is 24.8 Å². The van der Waals surface area contributed by atoms with Gasteiger partial charge in [-0.1, -0.05) is 18.2 Å². The van der Waals surface area contributed by atoms with E-state index in [1.165, 1.54) is 0 Å². The van der Waals surface area contributed by atoms with Crippen molar-refractivity contribution < 1.29 is 19.4 Å². The van der Waals surface area contributed by atoms with E-state index >= 15 is 0 Å². The summed E-state index contributed by atoms with van der Waals surface area (Å²) in [6.45, 7) is 0.148. The number of rotatable bonds is 7. The van der Waals surface area contributed by atoms with E-state index in [0.717, 1.165) is 5.56 Å². The van der Waals surface area contributed by atoms with E-state index in [1.54, 1.807) is 6.07 Å². The van der Waals surface area contributed by atoms with E-state index in [1.807, 2.05) is 18.2 Å². The van der Waals surface area contributed by atoms with Crippen LogP contribution >= 0.6 is 0 Å². The average Bonchev–Trinajstić information content (AvgIpc) is 2.33. The molecule has 0 unspecified atom stereocenters. The molecule has 0 aliphatic heterocycles. The summed E-state index contributed by atoms with van der Waals surface area (Å²) in [5, 5.41) is 8.41. The summed E-state index contributed by atoms with van der Waals surface area (Å²) in [4.78, 5) is 21.6. The maximum Gasteiger partial charge on any atom is 0.306 e. The zero-order chi connectivity index (χ0) is 13.4. The highest BCUT2D eigenvalue weighted by Crippen LogP contribution is 2.12. The number of esters is 1. The highest BCUT2D eigenvalue weighted by molar-refractivity contribution is 5.70. The molecule has 1 aromatic rings. The molecule has 0 amide bonds. The van der Waals surface area contributed by atoms with Gasteiger partial charge < -0.3 is 15.6 Å². The monoisotopic (exact) mass is 251 g/mol. The molecule has 5 nitrogen and oxygen atoms in total. The van der Waals surface area contributed by atoms with Crippen molar-refractivity contribution >= 4 is 17.6 Å². The second kappa shape index (κ2) is 7.32. The van der Waals surface area contributed by atoms with Gasteiger partial charge in [0.25, 0.3) is 0 Å². The van der Waals surface area contributed by atoms with Crippen LogP contribution in [0.5, 0.6) is 0 Å². The Balaban J connectivity index is 2.21.